The Labute approximate surface area is 389 Å². The first-order valence-electron chi connectivity index (χ1n) is 26.0. The second-order valence-electron chi connectivity index (χ2n) is 25.1. The van der Waals surface area contributed by atoms with Crippen molar-refractivity contribution in [3.05, 3.63) is 35.9 Å². The van der Waals surface area contributed by atoms with Gasteiger partial charge in [0.25, 0.3) is 0 Å². The molecule has 64 heavy (non-hydrogen) atoms. The smallest absolute Gasteiger partial charge is 0.309 e. The summed E-state index contributed by atoms with van der Waals surface area (Å²) in [4.78, 5) is 48.1. The van der Waals surface area contributed by atoms with Crippen LogP contribution in [0.15, 0.2) is 30.3 Å². The van der Waals surface area contributed by atoms with E-state index in [0.717, 1.165) is 89.5 Å². The Morgan fingerprint density at radius 2 is 1.48 bits per heavy atom. The summed E-state index contributed by atoms with van der Waals surface area (Å²) in [5.41, 5.74) is 0.343. The van der Waals surface area contributed by atoms with Crippen LogP contribution in [0.1, 0.15) is 150 Å². The summed E-state index contributed by atoms with van der Waals surface area (Å²) < 4.78 is 12.3. The minimum atomic E-state index is -0.561. The molecule has 1 aromatic rings. The number of hydrogen-bond acceptors (Lipinski definition) is 8. The molecule has 2 saturated heterocycles. The molecule has 4 unspecified atom stereocenters. The van der Waals surface area contributed by atoms with Crippen LogP contribution < -0.4 is 0 Å². The maximum absolute atomic E-state index is 15.6. The van der Waals surface area contributed by atoms with Crippen LogP contribution in [0.2, 0.25) is 0 Å². The van der Waals surface area contributed by atoms with Gasteiger partial charge in [0.2, 0.25) is 5.91 Å². The molecule has 0 radical (unpaired) electrons. The first-order valence-corrected chi connectivity index (χ1v) is 27.1. The molecule has 7 aliphatic carbocycles. The maximum atomic E-state index is 15.6. The lowest BCUT2D eigenvalue weighted by molar-refractivity contribution is -0.246. The molecule has 10 rings (SSSR count). The van der Waals surface area contributed by atoms with Crippen molar-refractivity contribution in [3.63, 3.8) is 0 Å². The maximum Gasteiger partial charge on any atom is 0.309 e. The van der Waals surface area contributed by atoms with E-state index in [0.29, 0.717) is 47.5 Å². The predicted octanol–water partition coefficient (Wildman–Crippen LogP) is 10.9. The monoisotopic (exact) mass is 896 g/mol. The molecule has 1 amide bonds. The Morgan fingerprint density at radius 3 is 2.19 bits per heavy atom. The molecular formula is C55H81N3O5S. The van der Waals surface area contributed by atoms with E-state index in [1.54, 1.807) is 6.21 Å². The van der Waals surface area contributed by atoms with Crippen LogP contribution in [0, 0.1) is 84.7 Å². The fraction of sp³-hybridized carbons (Fsp3) is 0.818. The second kappa shape index (κ2) is 16.1. The van der Waals surface area contributed by atoms with Crippen LogP contribution in [0.3, 0.4) is 0 Å². The third kappa shape index (κ3) is 6.79. The van der Waals surface area contributed by atoms with Crippen LogP contribution in [0.5, 0.6) is 0 Å². The Morgan fingerprint density at radius 1 is 0.750 bits per heavy atom. The molecule has 9 aliphatic rings. The molecule has 352 valence electrons. The van der Waals surface area contributed by atoms with Crippen molar-refractivity contribution < 1.29 is 23.9 Å². The van der Waals surface area contributed by atoms with E-state index in [9.17, 15) is 9.59 Å². The first kappa shape index (κ1) is 45.4. The van der Waals surface area contributed by atoms with E-state index in [1.165, 1.54) is 43.6 Å². The zero-order valence-electron chi connectivity index (χ0n) is 40.6. The molecule has 2 heterocycles. The molecule has 1 N–H and O–H groups in total. The van der Waals surface area contributed by atoms with Crippen molar-refractivity contribution in [2.24, 2.45) is 79.3 Å². The van der Waals surface area contributed by atoms with Gasteiger partial charge in [0, 0.05) is 55.4 Å². The Kier molecular flexibility index (Phi) is 11.4. The number of nitrogens with one attached hydrogen (secondary N) is 1. The van der Waals surface area contributed by atoms with Crippen molar-refractivity contribution in [1.29, 1.82) is 5.41 Å². The number of rotatable bonds is 10. The van der Waals surface area contributed by atoms with E-state index in [2.05, 4.69) is 56.2 Å². The van der Waals surface area contributed by atoms with Crippen molar-refractivity contribution in [1.82, 2.24) is 9.80 Å². The Bertz CT molecular complexity index is 1980. The summed E-state index contributed by atoms with van der Waals surface area (Å²) in [6, 6.07) is 10.1. The van der Waals surface area contributed by atoms with Gasteiger partial charge in [0.05, 0.1) is 17.3 Å². The topological polar surface area (TPSA) is 100 Å². The van der Waals surface area contributed by atoms with E-state index in [1.807, 2.05) is 44.2 Å². The highest BCUT2D eigenvalue weighted by Gasteiger charge is 2.74. The second-order valence-corrected chi connectivity index (χ2v) is 26.3. The highest BCUT2D eigenvalue weighted by Crippen LogP contribution is 2.79. The number of amides is 1. The van der Waals surface area contributed by atoms with Crippen LogP contribution in [-0.4, -0.2) is 83.7 Å². The van der Waals surface area contributed by atoms with Gasteiger partial charge < -0.3 is 19.8 Å². The van der Waals surface area contributed by atoms with Crippen LogP contribution in [-0.2, 0) is 30.5 Å². The Hall–Kier alpha value is -2.39. The zero-order chi connectivity index (χ0) is 45.1. The molecular weight excluding hydrogens is 815 g/mol. The van der Waals surface area contributed by atoms with Gasteiger partial charge in [-0.15, -0.1) is 0 Å². The number of fused-ring (bicyclic) bond motifs is 7. The summed E-state index contributed by atoms with van der Waals surface area (Å²) in [6.45, 7) is 21.3. The lowest BCUT2D eigenvalue weighted by Gasteiger charge is -2.73. The highest BCUT2D eigenvalue weighted by molar-refractivity contribution is 7.99. The van der Waals surface area contributed by atoms with Gasteiger partial charge in [-0.2, -0.15) is 11.8 Å². The zero-order valence-corrected chi connectivity index (χ0v) is 41.4. The molecule has 9 fully saturated rings. The Balaban J connectivity index is 0.858. The fourth-order valence-corrected chi connectivity index (χ4v) is 18.8. The standard InChI is InChI=1S/C55H81N3O5S/c1-49(2)40(46(59)62-34-36-12-9-8-10-13-36)32-41(49)47(60)63-44-19-20-51(4)42(52(44,5)35-56)18-21-54(7)43(51)16-15-39-45-38(50(3)23-24-50)17-22-55(45,26-25-53(39,54)6)48(61)58-27-11-14-37(58)33-57-28-30-64-31-29-57/h8-10,12-13,35,37-45,56H,11,14-34H2,1-7H3/t37-,38?,39+,40-,41+,42?,43?,44-,45?,51-,52-,53+,54+,55-/m0/s1. The fourth-order valence-electron chi connectivity index (χ4n) is 17.8. The number of ether oxygens (including phenoxy) is 2. The number of hydrogen-bond donors (Lipinski definition) is 1. The minimum absolute atomic E-state index is 0.0250. The van der Waals surface area contributed by atoms with Gasteiger partial charge in [-0.25, -0.2) is 0 Å². The van der Waals surface area contributed by atoms with E-state index >= 15 is 4.79 Å². The van der Waals surface area contributed by atoms with Gasteiger partial charge >= 0.3 is 11.9 Å². The average Bonchev–Trinajstić information content (AvgIpc) is 3.64. The quantitative estimate of drug-likeness (QED) is 0.184. The van der Waals surface area contributed by atoms with E-state index < -0.39 is 10.8 Å². The number of thioether (sulfide) groups is 1. The molecule has 0 aromatic heterocycles. The SMILES string of the molecule is CC1(C2CC[C@]3(C(=O)N4CCC[C@H]4CN4CCSCC4)CC[C@]4(C)[C@H](CCC5[C@@]6(C)CC[C@H](OC(=O)[C@H]7C[C@@H](C(=O)OCc8ccccc8)C7(C)C)[C@@](C)(C=N)C6CC[C@]54C)C23)CC1. The largest absolute Gasteiger partial charge is 0.461 e. The van der Waals surface area contributed by atoms with Crippen LogP contribution in [0.25, 0.3) is 0 Å². The number of carbonyl (C=O) groups excluding carboxylic acids is 3. The molecule has 0 spiro atoms. The lowest BCUT2D eigenvalue weighted by atomic mass is 9.32. The van der Waals surface area contributed by atoms with Gasteiger partial charge in [-0.1, -0.05) is 78.8 Å². The molecule has 8 nitrogen and oxygen atoms in total. The summed E-state index contributed by atoms with van der Waals surface area (Å²) in [6.07, 6.45) is 17.6. The molecule has 14 atom stereocenters. The number of carbonyl (C=O) groups is 3. The normalized spacial score (nSPS) is 45.4. The summed E-state index contributed by atoms with van der Waals surface area (Å²) in [5, 5.41) is 9.06. The van der Waals surface area contributed by atoms with Crippen molar-refractivity contribution in [3.8, 4) is 0 Å². The lowest BCUT2D eigenvalue weighted by Crippen LogP contribution is -2.68. The van der Waals surface area contributed by atoms with Crippen molar-refractivity contribution >= 4 is 35.8 Å². The van der Waals surface area contributed by atoms with E-state index in [4.69, 9.17) is 14.9 Å². The highest BCUT2D eigenvalue weighted by atomic mass is 32.2. The summed E-state index contributed by atoms with van der Waals surface area (Å²) in [5.74, 6) is 4.28. The van der Waals surface area contributed by atoms with Gasteiger partial charge in [-0.05, 0) is 159 Å². The third-order valence-electron chi connectivity index (χ3n) is 22.3. The van der Waals surface area contributed by atoms with Gasteiger partial charge in [0.1, 0.15) is 12.7 Å². The molecule has 1 aromatic carbocycles. The number of esters is 2. The number of nitrogens with zero attached hydrogens (tertiary/aromatic N) is 2. The molecule has 9 heteroatoms. The third-order valence-corrected chi connectivity index (χ3v) is 23.2. The summed E-state index contributed by atoms with van der Waals surface area (Å²) >= 11 is 2.08. The predicted molar refractivity (Wildman–Crippen MR) is 255 cm³/mol. The molecule has 7 saturated carbocycles. The first-order chi connectivity index (χ1) is 30.4. The van der Waals surface area contributed by atoms with Crippen molar-refractivity contribution in [2.45, 2.75) is 164 Å². The minimum Gasteiger partial charge on any atom is -0.461 e. The van der Waals surface area contributed by atoms with Gasteiger partial charge in [0.15, 0.2) is 0 Å². The van der Waals surface area contributed by atoms with E-state index in [-0.39, 0.29) is 64.1 Å². The summed E-state index contributed by atoms with van der Waals surface area (Å²) in [7, 11) is 0. The number of likely N-dealkylation sites (tertiary alicyclic amines) is 1. The van der Waals surface area contributed by atoms with Crippen LogP contribution >= 0.6 is 11.8 Å². The molecule has 0 bridgehead atoms. The van der Waals surface area contributed by atoms with Crippen molar-refractivity contribution in [2.75, 3.05) is 37.7 Å². The van der Waals surface area contributed by atoms with Gasteiger partial charge in [-0.3, -0.25) is 19.3 Å². The van der Waals surface area contributed by atoms with Crippen LogP contribution in [0.4, 0.5) is 0 Å². The number of benzene rings is 1. The molecule has 2 aliphatic heterocycles. The average molecular weight is 896 g/mol.